The molecule has 0 saturated heterocycles. The van der Waals surface area contributed by atoms with E-state index in [4.69, 9.17) is 9.47 Å². The first-order chi connectivity index (χ1) is 14.2. The van der Waals surface area contributed by atoms with Gasteiger partial charge in [-0.3, -0.25) is 4.99 Å². The van der Waals surface area contributed by atoms with Gasteiger partial charge in [0.05, 0.1) is 31.6 Å². The molecule has 0 aliphatic carbocycles. The number of guanidine groups is 1. The summed E-state index contributed by atoms with van der Waals surface area (Å²) in [5.74, 6) is 2.43. The van der Waals surface area contributed by atoms with E-state index in [1.165, 1.54) is 5.52 Å². The Morgan fingerprint density at radius 2 is 1.97 bits per heavy atom. The van der Waals surface area contributed by atoms with Crippen LogP contribution in [0.3, 0.4) is 0 Å². The number of imidazole rings is 1. The molecule has 8 heteroatoms. The van der Waals surface area contributed by atoms with Gasteiger partial charge in [-0.25, -0.2) is 4.98 Å². The maximum atomic E-state index is 5.50. The molecule has 0 aliphatic heterocycles. The molecule has 3 aromatic rings. The Hall–Kier alpha value is -2.49. The molecule has 0 saturated carbocycles. The molecule has 162 valence electrons. The molecule has 0 atom stereocenters. The number of hydrogen-bond acceptors (Lipinski definition) is 4. The summed E-state index contributed by atoms with van der Waals surface area (Å²) in [5.41, 5.74) is 3.27. The second-order valence-electron chi connectivity index (χ2n) is 6.79. The van der Waals surface area contributed by atoms with E-state index in [1.807, 2.05) is 49.8 Å². The fourth-order valence-electron chi connectivity index (χ4n) is 3.34. The lowest BCUT2D eigenvalue weighted by atomic mass is 10.2. The van der Waals surface area contributed by atoms with Crippen LogP contribution in [0.25, 0.3) is 11.0 Å². The van der Waals surface area contributed by atoms with Gasteiger partial charge in [-0.15, -0.1) is 24.0 Å². The van der Waals surface area contributed by atoms with Gasteiger partial charge in [0.25, 0.3) is 0 Å². The number of nitrogens with one attached hydrogen (secondary N) is 1. The third-order valence-electron chi connectivity index (χ3n) is 4.86. The molecule has 0 amide bonds. The van der Waals surface area contributed by atoms with Crippen LogP contribution in [0.1, 0.15) is 12.0 Å². The van der Waals surface area contributed by atoms with Crippen LogP contribution >= 0.6 is 24.0 Å². The normalized spacial score (nSPS) is 11.1. The molecule has 0 bridgehead atoms. The van der Waals surface area contributed by atoms with E-state index in [9.17, 15) is 0 Å². The minimum absolute atomic E-state index is 0. The predicted octanol–water partition coefficient (Wildman–Crippen LogP) is 3.77. The minimum Gasteiger partial charge on any atom is -0.497 e. The van der Waals surface area contributed by atoms with Crippen LogP contribution in [-0.2, 0) is 13.1 Å². The standard InChI is InChI=1S/C22H29N5O2.HI/c1-23-22(26(2)15-17-10-11-18(28-3)14-21(17)29-4)24-12-7-13-27-16-25-19-8-5-6-9-20(19)27;/h5-6,8-11,14,16H,7,12-13,15H2,1-4H3,(H,23,24);1H. The van der Waals surface area contributed by atoms with E-state index in [0.29, 0.717) is 6.54 Å². The van der Waals surface area contributed by atoms with Crippen molar-refractivity contribution in [2.75, 3.05) is 34.9 Å². The molecule has 0 unspecified atom stereocenters. The van der Waals surface area contributed by atoms with E-state index in [0.717, 1.165) is 48.0 Å². The van der Waals surface area contributed by atoms with Gasteiger partial charge in [-0.05, 0) is 30.7 Å². The summed E-state index contributed by atoms with van der Waals surface area (Å²) in [4.78, 5) is 10.9. The Labute approximate surface area is 195 Å². The van der Waals surface area contributed by atoms with Gasteiger partial charge in [0.1, 0.15) is 11.5 Å². The number of fused-ring (bicyclic) bond motifs is 1. The Morgan fingerprint density at radius 1 is 1.17 bits per heavy atom. The molecule has 1 heterocycles. The Kier molecular flexibility index (Phi) is 9.22. The zero-order chi connectivity index (χ0) is 20.6. The van der Waals surface area contributed by atoms with Gasteiger partial charge in [-0.2, -0.15) is 0 Å². The monoisotopic (exact) mass is 523 g/mol. The summed E-state index contributed by atoms with van der Waals surface area (Å²) in [6.45, 7) is 2.41. The molecule has 7 nitrogen and oxygen atoms in total. The highest BCUT2D eigenvalue weighted by molar-refractivity contribution is 14.0. The van der Waals surface area contributed by atoms with Gasteiger partial charge in [-0.1, -0.05) is 12.1 Å². The quantitative estimate of drug-likeness (QED) is 0.211. The summed E-state index contributed by atoms with van der Waals surface area (Å²) >= 11 is 0. The number of halogens is 1. The number of aliphatic imine (C=N–C) groups is 1. The zero-order valence-electron chi connectivity index (χ0n) is 18.0. The molecule has 1 N–H and O–H groups in total. The molecule has 3 rings (SSSR count). The third kappa shape index (κ3) is 5.78. The second-order valence-corrected chi connectivity index (χ2v) is 6.79. The van der Waals surface area contributed by atoms with Gasteiger partial charge in [0.2, 0.25) is 0 Å². The van der Waals surface area contributed by atoms with Gasteiger partial charge >= 0.3 is 0 Å². The van der Waals surface area contributed by atoms with Crippen molar-refractivity contribution in [1.82, 2.24) is 19.8 Å². The lowest BCUT2D eigenvalue weighted by Gasteiger charge is -2.23. The maximum Gasteiger partial charge on any atom is 0.193 e. The fraction of sp³-hybridized carbons (Fsp3) is 0.364. The fourth-order valence-corrected chi connectivity index (χ4v) is 3.34. The van der Waals surface area contributed by atoms with E-state index < -0.39 is 0 Å². The average Bonchev–Trinajstić information content (AvgIpc) is 3.17. The van der Waals surface area contributed by atoms with Gasteiger partial charge in [0.15, 0.2) is 5.96 Å². The van der Waals surface area contributed by atoms with Crippen LogP contribution in [0.4, 0.5) is 0 Å². The highest BCUT2D eigenvalue weighted by Crippen LogP contribution is 2.25. The first kappa shape index (κ1) is 23.8. The molecular weight excluding hydrogens is 493 g/mol. The summed E-state index contributed by atoms with van der Waals surface area (Å²) in [6.07, 6.45) is 2.88. The Morgan fingerprint density at radius 3 is 2.70 bits per heavy atom. The topological polar surface area (TPSA) is 63.9 Å². The minimum atomic E-state index is 0. The van der Waals surface area contributed by atoms with Crippen LogP contribution in [-0.4, -0.2) is 55.3 Å². The molecule has 0 radical (unpaired) electrons. The predicted molar refractivity (Wildman–Crippen MR) is 132 cm³/mol. The first-order valence-corrected chi connectivity index (χ1v) is 9.68. The lowest BCUT2D eigenvalue weighted by Crippen LogP contribution is -2.39. The first-order valence-electron chi connectivity index (χ1n) is 9.68. The van der Waals surface area contributed by atoms with Gasteiger partial charge in [0, 0.05) is 45.4 Å². The van der Waals surface area contributed by atoms with E-state index in [1.54, 1.807) is 21.3 Å². The zero-order valence-corrected chi connectivity index (χ0v) is 20.3. The number of benzene rings is 2. The van der Waals surface area contributed by atoms with Crippen molar-refractivity contribution < 1.29 is 9.47 Å². The van der Waals surface area contributed by atoms with Crippen molar-refractivity contribution in [3.8, 4) is 11.5 Å². The summed E-state index contributed by atoms with van der Waals surface area (Å²) in [5, 5.41) is 3.44. The smallest absolute Gasteiger partial charge is 0.193 e. The highest BCUT2D eigenvalue weighted by atomic mass is 127. The van der Waals surface area contributed by atoms with Crippen molar-refractivity contribution in [2.45, 2.75) is 19.5 Å². The van der Waals surface area contributed by atoms with E-state index in [-0.39, 0.29) is 24.0 Å². The Bertz CT molecular complexity index is 973. The molecule has 0 spiro atoms. The lowest BCUT2D eigenvalue weighted by molar-refractivity contribution is 0.382. The van der Waals surface area contributed by atoms with Crippen molar-refractivity contribution in [2.24, 2.45) is 4.99 Å². The molecule has 30 heavy (non-hydrogen) atoms. The highest BCUT2D eigenvalue weighted by Gasteiger charge is 2.11. The van der Waals surface area contributed by atoms with Crippen LogP contribution in [0.5, 0.6) is 11.5 Å². The van der Waals surface area contributed by atoms with E-state index >= 15 is 0 Å². The summed E-state index contributed by atoms with van der Waals surface area (Å²) in [7, 11) is 7.14. The number of aryl methyl sites for hydroxylation is 1. The second kappa shape index (κ2) is 11.6. The molecule has 0 fully saturated rings. The average molecular weight is 523 g/mol. The van der Waals surface area contributed by atoms with Crippen LogP contribution in [0.15, 0.2) is 53.8 Å². The Balaban J connectivity index is 0.00000320. The van der Waals surface area contributed by atoms with Crippen molar-refractivity contribution in [3.63, 3.8) is 0 Å². The van der Waals surface area contributed by atoms with E-state index in [2.05, 4.69) is 30.8 Å². The number of nitrogens with zero attached hydrogens (tertiary/aromatic N) is 4. The SMILES string of the molecule is CN=C(NCCCn1cnc2ccccc21)N(C)Cc1ccc(OC)cc1OC.I. The third-order valence-corrected chi connectivity index (χ3v) is 4.86. The molecule has 1 aromatic heterocycles. The number of rotatable bonds is 8. The van der Waals surface area contributed by atoms with Crippen LogP contribution < -0.4 is 14.8 Å². The summed E-state index contributed by atoms with van der Waals surface area (Å²) in [6, 6.07) is 14.1. The van der Waals surface area contributed by atoms with Gasteiger partial charge < -0.3 is 24.3 Å². The van der Waals surface area contributed by atoms with Crippen LogP contribution in [0, 0.1) is 0 Å². The number of para-hydroxylation sites is 2. The number of hydrogen-bond donors (Lipinski definition) is 1. The van der Waals surface area contributed by atoms with Crippen molar-refractivity contribution >= 4 is 41.0 Å². The number of ether oxygens (including phenoxy) is 2. The maximum absolute atomic E-state index is 5.50. The largest absolute Gasteiger partial charge is 0.497 e. The van der Waals surface area contributed by atoms with Crippen molar-refractivity contribution in [3.05, 3.63) is 54.4 Å². The van der Waals surface area contributed by atoms with Crippen molar-refractivity contribution in [1.29, 1.82) is 0 Å². The van der Waals surface area contributed by atoms with Crippen LogP contribution in [0.2, 0.25) is 0 Å². The molecule has 0 aliphatic rings. The number of methoxy groups -OCH3 is 2. The molecule has 2 aromatic carbocycles. The molecular formula is C22H30IN5O2. The summed E-state index contributed by atoms with van der Waals surface area (Å²) < 4.78 is 13.0. The number of aromatic nitrogens is 2.